The third kappa shape index (κ3) is 2.77. The lowest BCUT2D eigenvalue weighted by Gasteiger charge is -2.17. The second-order valence-corrected chi connectivity index (χ2v) is 5.20. The molecule has 0 saturated carbocycles. The zero-order chi connectivity index (χ0) is 14.7. The molecule has 6 nitrogen and oxygen atoms in total. The average molecular weight is 288 g/mol. The minimum Gasteiger partial charge on any atom is -0.390 e. The molecule has 1 aliphatic rings. The highest BCUT2D eigenvalue weighted by Crippen LogP contribution is 2.22. The predicted molar refractivity (Wildman–Crippen MR) is 79.4 cm³/mol. The number of rotatable bonds is 5. The maximum Gasteiger partial charge on any atom is 0.114 e. The van der Waals surface area contributed by atoms with Crippen LogP contribution >= 0.6 is 0 Å². The third-order valence-corrected chi connectivity index (χ3v) is 3.84. The lowest BCUT2D eigenvalue weighted by Crippen LogP contribution is -2.17. The van der Waals surface area contributed by atoms with Crippen LogP contribution in [-0.2, 0) is 18.0 Å². The maximum absolute atomic E-state index is 9.31. The summed E-state index contributed by atoms with van der Waals surface area (Å²) in [6.45, 7) is 2.50. The summed E-state index contributed by atoms with van der Waals surface area (Å²) in [4.78, 5) is 2.39. The van der Waals surface area contributed by atoms with Gasteiger partial charge in [-0.05, 0) is 37.1 Å². The molecule has 1 saturated heterocycles. The Labute approximate surface area is 124 Å². The monoisotopic (exact) mass is 288 g/mol. The fraction of sp³-hybridized carbons (Fsp3) is 0.467. The van der Waals surface area contributed by atoms with E-state index in [-0.39, 0.29) is 6.61 Å². The van der Waals surface area contributed by atoms with Crippen molar-refractivity contribution in [1.29, 1.82) is 0 Å². The first-order chi connectivity index (χ1) is 10.3. The van der Waals surface area contributed by atoms with Crippen molar-refractivity contribution >= 4 is 5.69 Å². The van der Waals surface area contributed by atoms with Gasteiger partial charge in [0.2, 0.25) is 0 Å². The van der Waals surface area contributed by atoms with Crippen molar-refractivity contribution in [2.24, 2.45) is 0 Å². The van der Waals surface area contributed by atoms with Gasteiger partial charge < -0.3 is 14.7 Å². The number of aromatic nitrogens is 3. The summed E-state index contributed by atoms with van der Waals surface area (Å²) in [7, 11) is 1.62. The van der Waals surface area contributed by atoms with Crippen LogP contribution in [0.1, 0.15) is 24.2 Å². The number of hydrogen-bond acceptors (Lipinski definition) is 5. The number of nitrogens with zero attached hydrogens (tertiary/aromatic N) is 4. The number of methoxy groups -OCH3 is 1. The Hall–Kier alpha value is -1.92. The highest BCUT2D eigenvalue weighted by molar-refractivity contribution is 5.51. The van der Waals surface area contributed by atoms with Crippen LogP contribution in [0.3, 0.4) is 0 Å². The Morgan fingerprint density at radius 2 is 1.81 bits per heavy atom. The molecule has 2 heterocycles. The molecule has 1 N–H and O–H groups in total. The summed E-state index contributed by atoms with van der Waals surface area (Å²) in [6, 6.07) is 8.28. The van der Waals surface area contributed by atoms with Gasteiger partial charge in [-0.1, -0.05) is 5.21 Å². The zero-order valence-electron chi connectivity index (χ0n) is 12.2. The van der Waals surface area contributed by atoms with Gasteiger partial charge in [0.25, 0.3) is 0 Å². The summed E-state index contributed by atoms with van der Waals surface area (Å²) >= 11 is 0. The molecule has 0 amide bonds. The Bertz CT molecular complexity index is 588. The molecular weight excluding hydrogens is 268 g/mol. The van der Waals surface area contributed by atoms with E-state index in [1.807, 2.05) is 12.1 Å². The largest absolute Gasteiger partial charge is 0.390 e. The topological polar surface area (TPSA) is 63.4 Å². The van der Waals surface area contributed by atoms with Crippen LogP contribution in [0, 0.1) is 0 Å². The van der Waals surface area contributed by atoms with Crippen molar-refractivity contribution in [3.63, 3.8) is 0 Å². The molecule has 2 aromatic rings. The van der Waals surface area contributed by atoms with E-state index in [0.717, 1.165) is 24.5 Å². The molecule has 112 valence electrons. The van der Waals surface area contributed by atoms with E-state index < -0.39 is 0 Å². The van der Waals surface area contributed by atoms with Crippen molar-refractivity contribution in [2.75, 3.05) is 25.1 Å². The first-order valence-electron chi connectivity index (χ1n) is 7.22. The average Bonchev–Trinajstić information content (AvgIpc) is 3.17. The van der Waals surface area contributed by atoms with Gasteiger partial charge in [-0.2, -0.15) is 0 Å². The number of aliphatic hydroxyl groups is 1. The van der Waals surface area contributed by atoms with Crippen LogP contribution in [0.5, 0.6) is 0 Å². The quantitative estimate of drug-likeness (QED) is 0.903. The fourth-order valence-electron chi connectivity index (χ4n) is 2.72. The van der Waals surface area contributed by atoms with Gasteiger partial charge in [0.1, 0.15) is 5.69 Å². The first-order valence-corrected chi connectivity index (χ1v) is 7.22. The summed E-state index contributed by atoms with van der Waals surface area (Å²) in [5.74, 6) is 0. The number of aliphatic hydroxyl groups excluding tert-OH is 1. The van der Waals surface area contributed by atoms with E-state index in [1.54, 1.807) is 11.8 Å². The lowest BCUT2D eigenvalue weighted by atomic mass is 10.2. The minimum absolute atomic E-state index is 0.134. The Morgan fingerprint density at radius 3 is 2.43 bits per heavy atom. The Morgan fingerprint density at radius 1 is 1.14 bits per heavy atom. The van der Waals surface area contributed by atoms with E-state index >= 15 is 0 Å². The summed E-state index contributed by atoms with van der Waals surface area (Å²) in [5, 5.41) is 17.4. The maximum atomic E-state index is 9.31. The van der Waals surface area contributed by atoms with Crippen molar-refractivity contribution in [2.45, 2.75) is 26.1 Å². The Balaban J connectivity index is 1.88. The third-order valence-electron chi connectivity index (χ3n) is 3.84. The molecule has 0 bridgehead atoms. The van der Waals surface area contributed by atoms with E-state index in [4.69, 9.17) is 4.74 Å². The molecule has 3 rings (SSSR count). The van der Waals surface area contributed by atoms with E-state index in [1.165, 1.54) is 18.5 Å². The fourth-order valence-corrected chi connectivity index (χ4v) is 2.72. The number of ether oxygens (including phenoxy) is 1. The molecule has 1 aromatic heterocycles. The van der Waals surface area contributed by atoms with Gasteiger partial charge in [0.05, 0.1) is 24.6 Å². The first kappa shape index (κ1) is 14.0. The molecule has 1 fully saturated rings. The molecule has 0 unspecified atom stereocenters. The van der Waals surface area contributed by atoms with Crippen LogP contribution in [0.15, 0.2) is 24.3 Å². The second-order valence-electron chi connectivity index (χ2n) is 5.20. The van der Waals surface area contributed by atoms with Crippen LogP contribution in [0.2, 0.25) is 0 Å². The van der Waals surface area contributed by atoms with Crippen LogP contribution in [0.25, 0.3) is 5.69 Å². The highest BCUT2D eigenvalue weighted by Gasteiger charge is 2.15. The SMILES string of the molecule is COCc1c(CO)nnn1-c1ccc(N2CCCC2)cc1. The highest BCUT2D eigenvalue weighted by atomic mass is 16.5. The summed E-state index contributed by atoms with van der Waals surface area (Å²) in [5.41, 5.74) is 3.51. The van der Waals surface area contributed by atoms with Crippen LogP contribution in [0.4, 0.5) is 5.69 Å². The minimum atomic E-state index is -0.134. The zero-order valence-corrected chi connectivity index (χ0v) is 12.2. The molecule has 6 heteroatoms. The van der Waals surface area contributed by atoms with Gasteiger partial charge in [-0.25, -0.2) is 4.68 Å². The second kappa shape index (κ2) is 6.24. The molecule has 21 heavy (non-hydrogen) atoms. The summed E-state index contributed by atoms with van der Waals surface area (Å²) in [6.07, 6.45) is 2.53. The van der Waals surface area contributed by atoms with Gasteiger partial charge >= 0.3 is 0 Å². The van der Waals surface area contributed by atoms with Crippen molar-refractivity contribution in [1.82, 2.24) is 15.0 Å². The molecule has 0 spiro atoms. The van der Waals surface area contributed by atoms with Crippen molar-refractivity contribution < 1.29 is 9.84 Å². The molecule has 0 atom stereocenters. The van der Waals surface area contributed by atoms with Crippen molar-refractivity contribution in [3.05, 3.63) is 35.7 Å². The van der Waals surface area contributed by atoms with E-state index in [0.29, 0.717) is 12.3 Å². The van der Waals surface area contributed by atoms with E-state index in [9.17, 15) is 5.11 Å². The van der Waals surface area contributed by atoms with Crippen LogP contribution in [-0.4, -0.2) is 40.3 Å². The molecule has 1 aliphatic heterocycles. The normalized spacial score (nSPS) is 14.9. The standard InChI is InChI=1S/C15H20N4O2/c1-21-11-15-14(10-20)16-17-19(15)13-6-4-12(5-7-13)18-8-2-3-9-18/h4-7,20H,2-3,8-11H2,1H3. The predicted octanol–water partition coefficient (Wildman–Crippen LogP) is 1.51. The molecular formula is C15H20N4O2. The van der Waals surface area contributed by atoms with Crippen LogP contribution < -0.4 is 4.90 Å². The lowest BCUT2D eigenvalue weighted by molar-refractivity contribution is 0.175. The van der Waals surface area contributed by atoms with Gasteiger partial charge in [-0.15, -0.1) is 5.10 Å². The van der Waals surface area contributed by atoms with Gasteiger partial charge in [0, 0.05) is 25.9 Å². The summed E-state index contributed by atoms with van der Waals surface area (Å²) < 4.78 is 6.90. The number of hydrogen-bond donors (Lipinski definition) is 1. The van der Waals surface area contributed by atoms with E-state index in [2.05, 4.69) is 27.3 Å². The number of benzene rings is 1. The van der Waals surface area contributed by atoms with Gasteiger partial charge in [-0.3, -0.25) is 0 Å². The smallest absolute Gasteiger partial charge is 0.114 e. The van der Waals surface area contributed by atoms with Gasteiger partial charge in [0.15, 0.2) is 0 Å². The molecule has 0 aliphatic carbocycles. The number of anilines is 1. The van der Waals surface area contributed by atoms with Crippen molar-refractivity contribution in [3.8, 4) is 5.69 Å². The Kier molecular flexibility index (Phi) is 4.17. The molecule has 1 aromatic carbocycles. The molecule has 0 radical (unpaired) electrons.